The highest BCUT2D eigenvalue weighted by Gasteiger charge is 2.06. The Balaban J connectivity index is 2.68. The van der Waals surface area contributed by atoms with Crippen molar-refractivity contribution in [1.29, 1.82) is 0 Å². The van der Waals surface area contributed by atoms with Gasteiger partial charge in [0.15, 0.2) is 0 Å². The molecule has 0 spiro atoms. The van der Waals surface area contributed by atoms with Gasteiger partial charge in [0.1, 0.15) is 5.65 Å². The predicted octanol–water partition coefficient (Wildman–Crippen LogP) is 1.66. The Morgan fingerprint density at radius 3 is 2.92 bits per heavy atom. The number of nitrogens with zero attached hydrogens (tertiary/aromatic N) is 2. The van der Waals surface area contributed by atoms with Crippen LogP contribution in [0.25, 0.3) is 5.65 Å². The second-order valence-electron chi connectivity index (χ2n) is 3.38. The average Bonchev–Trinajstić information content (AvgIpc) is 2.49. The van der Waals surface area contributed by atoms with E-state index in [1.807, 2.05) is 42.8 Å². The van der Waals surface area contributed by atoms with Crippen LogP contribution in [-0.4, -0.2) is 9.38 Å². The van der Waals surface area contributed by atoms with Crippen LogP contribution in [0.2, 0.25) is 0 Å². The summed E-state index contributed by atoms with van der Waals surface area (Å²) in [6.45, 7) is 3.99. The molecule has 0 aliphatic rings. The molecule has 0 aromatic carbocycles. The summed E-state index contributed by atoms with van der Waals surface area (Å²) >= 11 is 0. The van der Waals surface area contributed by atoms with Gasteiger partial charge in [0.25, 0.3) is 0 Å². The lowest BCUT2D eigenvalue weighted by molar-refractivity contribution is 0.790. The minimum atomic E-state index is -0.000648. The van der Waals surface area contributed by atoms with Crippen LogP contribution in [0.15, 0.2) is 24.5 Å². The first-order valence-corrected chi connectivity index (χ1v) is 4.38. The molecule has 2 N–H and O–H groups in total. The Bertz CT molecular complexity index is 429. The second kappa shape index (κ2) is 2.85. The number of hydrogen-bond acceptors (Lipinski definition) is 2. The lowest BCUT2D eigenvalue weighted by Gasteiger charge is -1.95. The number of rotatable bonds is 1. The first-order valence-electron chi connectivity index (χ1n) is 4.38. The van der Waals surface area contributed by atoms with Crippen LogP contribution in [-0.2, 0) is 0 Å². The Morgan fingerprint density at radius 1 is 1.54 bits per heavy atom. The van der Waals surface area contributed by atoms with Gasteiger partial charge < -0.3 is 10.1 Å². The van der Waals surface area contributed by atoms with Gasteiger partial charge in [0.2, 0.25) is 0 Å². The Kier molecular flexibility index (Phi) is 1.81. The molecule has 0 fully saturated rings. The van der Waals surface area contributed by atoms with Crippen LogP contribution in [0, 0.1) is 6.92 Å². The Labute approximate surface area is 77.2 Å². The summed E-state index contributed by atoms with van der Waals surface area (Å²) in [4.78, 5) is 4.45. The summed E-state index contributed by atoms with van der Waals surface area (Å²) < 4.78 is 2.01. The van der Waals surface area contributed by atoms with Crippen LogP contribution < -0.4 is 5.73 Å². The summed E-state index contributed by atoms with van der Waals surface area (Å²) in [5, 5.41) is 0. The third-order valence-corrected chi connectivity index (χ3v) is 2.16. The van der Waals surface area contributed by atoms with E-state index in [0.29, 0.717) is 0 Å². The fourth-order valence-electron chi connectivity index (χ4n) is 1.39. The molecule has 1 unspecified atom stereocenters. The van der Waals surface area contributed by atoms with E-state index in [2.05, 4.69) is 4.98 Å². The van der Waals surface area contributed by atoms with Crippen molar-refractivity contribution >= 4 is 5.65 Å². The van der Waals surface area contributed by atoms with Crippen LogP contribution in [0.3, 0.4) is 0 Å². The number of pyridine rings is 1. The molecule has 2 aromatic heterocycles. The molecule has 0 amide bonds. The second-order valence-corrected chi connectivity index (χ2v) is 3.38. The van der Waals surface area contributed by atoms with E-state index in [1.165, 1.54) is 5.56 Å². The van der Waals surface area contributed by atoms with E-state index in [-0.39, 0.29) is 6.04 Å². The van der Waals surface area contributed by atoms with Gasteiger partial charge in [0.05, 0.1) is 5.69 Å². The largest absolute Gasteiger partial charge is 0.323 e. The molecular formula is C10H13N3. The SMILES string of the molecule is Cc1cccn2cc(C(C)N)nc12. The minimum absolute atomic E-state index is 0.000648. The standard InChI is InChI=1S/C10H13N3/c1-7-4-3-5-13-6-9(8(2)11)12-10(7)13/h3-6,8H,11H2,1-2H3. The molecule has 68 valence electrons. The van der Waals surface area contributed by atoms with E-state index in [1.54, 1.807) is 0 Å². The van der Waals surface area contributed by atoms with E-state index in [0.717, 1.165) is 11.3 Å². The van der Waals surface area contributed by atoms with Crippen molar-refractivity contribution in [2.75, 3.05) is 0 Å². The van der Waals surface area contributed by atoms with Gasteiger partial charge >= 0.3 is 0 Å². The van der Waals surface area contributed by atoms with Crippen LogP contribution in [0.1, 0.15) is 24.2 Å². The first-order chi connectivity index (χ1) is 6.18. The molecule has 3 heteroatoms. The normalized spacial score (nSPS) is 13.5. The van der Waals surface area contributed by atoms with Gasteiger partial charge in [-0.25, -0.2) is 4.98 Å². The van der Waals surface area contributed by atoms with Crippen molar-refractivity contribution in [1.82, 2.24) is 9.38 Å². The Hall–Kier alpha value is -1.35. The predicted molar refractivity (Wildman–Crippen MR) is 52.5 cm³/mol. The van der Waals surface area contributed by atoms with E-state index >= 15 is 0 Å². The smallest absolute Gasteiger partial charge is 0.139 e. The lowest BCUT2D eigenvalue weighted by atomic mass is 10.3. The van der Waals surface area contributed by atoms with Crippen molar-refractivity contribution < 1.29 is 0 Å². The first kappa shape index (κ1) is 8.26. The molecular weight excluding hydrogens is 162 g/mol. The van der Waals surface area contributed by atoms with Gasteiger partial charge in [-0.05, 0) is 25.5 Å². The van der Waals surface area contributed by atoms with E-state index in [4.69, 9.17) is 5.73 Å². The maximum atomic E-state index is 5.75. The van der Waals surface area contributed by atoms with Crippen molar-refractivity contribution in [3.05, 3.63) is 35.8 Å². The molecule has 2 heterocycles. The summed E-state index contributed by atoms with van der Waals surface area (Å²) in [6.07, 6.45) is 3.97. The van der Waals surface area contributed by atoms with E-state index < -0.39 is 0 Å². The maximum Gasteiger partial charge on any atom is 0.139 e. The van der Waals surface area contributed by atoms with Crippen LogP contribution in [0.4, 0.5) is 0 Å². The summed E-state index contributed by atoms with van der Waals surface area (Å²) in [7, 11) is 0. The van der Waals surface area contributed by atoms with E-state index in [9.17, 15) is 0 Å². The average molecular weight is 175 g/mol. The highest BCUT2D eigenvalue weighted by Crippen LogP contribution is 2.13. The third kappa shape index (κ3) is 1.31. The number of hydrogen-bond donors (Lipinski definition) is 1. The van der Waals surface area contributed by atoms with Gasteiger partial charge in [-0.15, -0.1) is 0 Å². The fourth-order valence-corrected chi connectivity index (χ4v) is 1.39. The van der Waals surface area contributed by atoms with Crippen molar-refractivity contribution in [2.45, 2.75) is 19.9 Å². The van der Waals surface area contributed by atoms with Gasteiger partial charge in [-0.3, -0.25) is 0 Å². The highest BCUT2D eigenvalue weighted by atomic mass is 15.0. The van der Waals surface area contributed by atoms with Gasteiger partial charge in [0, 0.05) is 18.4 Å². The topological polar surface area (TPSA) is 43.3 Å². The Morgan fingerprint density at radius 2 is 2.31 bits per heavy atom. The maximum absolute atomic E-state index is 5.75. The fraction of sp³-hybridized carbons (Fsp3) is 0.300. The van der Waals surface area contributed by atoms with Gasteiger partial charge in [-0.1, -0.05) is 6.07 Å². The summed E-state index contributed by atoms with van der Waals surface area (Å²) in [5.41, 5.74) is 8.86. The molecule has 0 radical (unpaired) electrons. The number of nitrogens with two attached hydrogens (primary N) is 1. The number of fused-ring (bicyclic) bond motifs is 1. The van der Waals surface area contributed by atoms with Crippen LogP contribution >= 0.6 is 0 Å². The molecule has 2 rings (SSSR count). The molecule has 0 saturated heterocycles. The minimum Gasteiger partial charge on any atom is -0.323 e. The summed E-state index contributed by atoms with van der Waals surface area (Å²) in [6, 6.07) is 4.06. The monoisotopic (exact) mass is 175 g/mol. The molecule has 1 atom stereocenters. The zero-order valence-electron chi connectivity index (χ0n) is 7.86. The molecule has 0 saturated carbocycles. The molecule has 0 bridgehead atoms. The van der Waals surface area contributed by atoms with Crippen molar-refractivity contribution in [2.24, 2.45) is 5.73 Å². The number of aryl methyl sites for hydroxylation is 1. The number of imidazole rings is 1. The van der Waals surface area contributed by atoms with Crippen LogP contribution in [0.5, 0.6) is 0 Å². The van der Waals surface area contributed by atoms with Crippen molar-refractivity contribution in [3.8, 4) is 0 Å². The molecule has 3 nitrogen and oxygen atoms in total. The molecule has 2 aromatic rings. The number of aromatic nitrogens is 2. The van der Waals surface area contributed by atoms with Gasteiger partial charge in [-0.2, -0.15) is 0 Å². The third-order valence-electron chi connectivity index (χ3n) is 2.16. The molecule has 13 heavy (non-hydrogen) atoms. The summed E-state index contributed by atoms with van der Waals surface area (Å²) in [5.74, 6) is 0. The zero-order chi connectivity index (χ0) is 9.42. The lowest BCUT2D eigenvalue weighted by Crippen LogP contribution is -2.04. The highest BCUT2D eigenvalue weighted by molar-refractivity contribution is 5.48. The van der Waals surface area contributed by atoms with Crippen molar-refractivity contribution in [3.63, 3.8) is 0 Å². The zero-order valence-corrected chi connectivity index (χ0v) is 7.86. The molecule has 0 aliphatic heterocycles. The molecule has 0 aliphatic carbocycles. The quantitative estimate of drug-likeness (QED) is 0.716.